The summed E-state index contributed by atoms with van der Waals surface area (Å²) in [7, 11) is 0. The molecule has 0 fully saturated rings. The topological polar surface area (TPSA) is 71.0 Å². The number of rotatable bonds is 6. The Morgan fingerprint density at radius 2 is 1.60 bits per heavy atom. The van der Waals surface area contributed by atoms with Gasteiger partial charge in [0.2, 0.25) is 0 Å². The van der Waals surface area contributed by atoms with E-state index < -0.39 is 5.78 Å². The van der Waals surface area contributed by atoms with Crippen molar-refractivity contribution in [1.82, 2.24) is 0 Å². The lowest BCUT2D eigenvalue weighted by atomic mass is 10.1. The van der Waals surface area contributed by atoms with Crippen LogP contribution in [0.1, 0.15) is 21.7 Å². The number of nitrogens with zero attached hydrogens (tertiary/aromatic N) is 2. The number of carbonyl (C=O) groups is 1. The highest BCUT2D eigenvalue weighted by molar-refractivity contribution is 7.98. The van der Waals surface area contributed by atoms with Gasteiger partial charge in [0, 0.05) is 23.4 Å². The molecule has 0 radical (unpaired) electrons. The molecular formula is C19H16N2O3S. The Morgan fingerprint density at radius 1 is 1.00 bits per heavy atom. The lowest BCUT2D eigenvalue weighted by Gasteiger charge is -2.12. The second-order valence-corrected chi connectivity index (χ2v) is 6.40. The number of para-hydroxylation sites is 2. The molecule has 0 aliphatic heterocycles. The Hall–Kier alpha value is -2.86. The average Bonchev–Trinajstić information content (AvgIpc) is 2.66. The molecule has 0 aliphatic rings. The smallest absolute Gasteiger partial charge is 0.335 e. The third-order valence-corrected chi connectivity index (χ3v) is 4.72. The van der Waals surface area contributed by atoms with Crippen molar-refractivity contribution in [2.75, 3.05) is 5.75 Å². The standard InChI is InChI=1S/C19H16N2O3S/c1-2-12-25-13-17-18(19(22)14-8-4-3-5-9-14)21(24)16-11-7-6-10-15(16)20(17)23/h2-11H,1,12-13H2. The molecule has 0 N–H and O–H groups in total. The van der Waals surface area contributed by atoms with E-state index in [1.165, 1.54) is 11.8 Å². The molecule has 0 unspecified atom stereocenters. The van der Waals surface area contributed by atoms with Crippen molar-refractivity contribution in [3.05, 3.63) is 94.6 Å². The van der Waals surface area contributed by atoms with Gasteiger partial charge in [0.1, 0.15) is 0 Å². The summed E-state index contributed by atoms with van der Waals surface area (Å²) < 4.78 is 1.26. The second kappa shape index (κ2) is 7.36. The van der Waals surface area contributed by atoms with Crippen LogP contribution in [0.3, 0.4) is 0 Å². The Kier molecular flexibility index (Phi) is 5.00. The molecule has 3 rings (SSSR count). The van der Waals surface area contributed by atoms with Crippen LogP contribution in [0.4, 0.5) is 0 Å². The fourth-order valence-corrected chi connectivity index (χ4v) is 3.33. The molecular weight excluding hydrogens is 336 g/mol. The third-order valence-electron chi connectivity index (χ3n) is 3.77. The van der Waals surface area contributed by atoms with E-state index in [9.17, 15) is 15.2 Å². The quantitative estimate of drug-likeness (QED) is 0.225. The maximum Gasteiger partial charge on any atom is 0.335 e. The summed E-state index contributed by atoms with van der Waals surface area (Å²) in [6.07, 6.45) is 1.71. The normalized spacial score (nSPS) is 10.7. The van der Waals surface area contributed by atoms with Crippen LogP contribution in [0.5, 0.6) is 0 Å². The van der Waals surface area contributed by atoms with Crippen LogP contribution >= 0.6 is 11.8 Å². The summed E-state index contributed by atoms with van der Waals surface area (Å²) in [5, 5.41) is 25.7. The highest BCUT2D eigenvalue weighted by atomic mass is 32.2. The van der Waals surface area contributed by atoms with Crippen LogP contribution in [0, 0.1) is 10.4 Å². The van der Waals surface area contributed by atoms with E-state index >= 15 is 0 Å². The van der Waals surface area contributed by atoms with Gasteiger partial charge in [0.05, 0.1) is 5.75 Å². The first-order valence-electron chi connectivity index (χ1n) is 7.70. The zero-order chi connectivity index (χ0) is 17.8. The highest BCUT2D eigenvalue weighted by Crippen LogP contribution is 2.18. The molecule has 0 amide bonds. The van der Waals surface area contributed by atoms with Crippen LogP contribution in [0.2, 0.25) is 0 Å². The number of carbonyl (C=O) groups excluding carboxylic acids is 1. The Labute approximate surface area is 149 Å². The molecule has 25 heavy (non-hydrogen) atoms. The fourth-order valence-electron chi connectivity index (χ4n) is 2.60. The van der Waals surface area contributed by atoms with E-state index in [2.05, 4.69) is 6.58 Å². The Bertz CT molecular complexity index is 942. The van der Waals surface area contributed by atoms with Crippen molar-refractivity contribution in [2.45, 2.75) is 5.75 Å². The maximum atomic E-state index is 12.9. The summed E-state index contributed by atoms with van der Waals surface area (Å²) in [5.41, 5.74) is 0.828. The summed E-state index contributed by atoms with van der Waals surface area (Å²) in [6.45, 7) is 3.65. The second-order valence-electron chi connectivity index (χ2n) is 5.37. The van der Waals surface area contributed by atoms with E-state index in [1.807, 2.05) is 0 Å². The summed E-state index contributed by atoms with van der Waals surface area (Å²) >= 11 is 1.42. The van der Waals surface area contributed by atoms with Crippen molar-refractivity contribution in [2.24, 2.45) is 0 Å². The predicted molar refractivity (Wildman–Crippen MR) is 98.1 cm³/mol. The molecule has 5 nitrogen and oxygen atoms in total. The van der Waals surface area contributed by atoms with Crippen LogP contribution in [0.15, 0.2) is 67.3 Å². The molecule has 0 saturated carbocycles. The number of fused-ring (bicyclic) bond motifs is 1. The number of thioether (sulfide) groups is 1. The molecule has 3 aromatic rings. The first kappa shape index (κ1) is 17.0. The zero-order valence-electron chi connectivity index (χ0n) is 13.4. The number of aromatic nitrogens is 2. The van der Waals surface area contributed by atoms with Gasteiger partial charge in [-0.15, -0.1) is 18.3 Å². The minimum Gasteiger partial charge on any atom is -0.618 e. The number of hydrogen-bond donors (Lipinski definition) is 0. The van der Waals surface area contributed by atoms with Gasteiger partial charge in [-0.25, -0.2) is 0 Å². The molecule has 1 heterocycles. The van der Waals surface area contributed by atoms with Crippen LogP contribution < -0.4 is 9.46 Å². The SMILES string of the molecule is C=CCSCc1c(C(=O)c2ccccc2)[n+]([O-])c2ccccc2[n+]1[O-]. The monoisotopic (exact) mass is 352 g/mol. The number of benzene rings is 2. The first-order chi connectivity index (χ1) is 12.1. The van der Waals surface area contributed by atoms with Crippen LogP contribution in [-0.4, -0.2) is 11.5 Å². The molecule has 2 aromatic carbocycles. The van der Waals surface area contributed by atoms with E-state index in [4.69, 9.17) is 0 Å². The molecule has 0 aliphatic carbocycles. The van der Waals surface area contributed by atoms with Gasteiger partial charge < -0.3 is 10.4 Å². The van der Waals surface area contributed by atoms with Gasteiger partial charge >= 0.3 is 5.69 Å². The summed E-state index contributed by atoms with van der Waals surface area (Å²) in [4.78, 5) is 12.9. The first-order valence-corrected chi connectivity index (χ1v) is 8.85. The van der Waals surface area contributed by atoms with Crippen molar-refractivity contribution in [3.63, 3.8) is 0 Å². The summed E-state index contributed by atoms with van der Waals surface area (Å²) in [5.74, 6) is 0.404. The van der Waals surface area contributed by atoms with Crippen molar-refractivity contribution < 1.29 is 14.3 Å². The number of ketones is 1. The minimum atomic E-state index is -0.458. The van der Waals surface area contributed by atoms with Crippen molar-refractivity contribution >= 4 is 28.6 Å². The molecule has 126 valence electrons. The van der Waals surface area contributed by atoms with E-state index in [-0.39, 0.29) is 28.2 Å². The van der Waals surface area contributed by atoms with Gasteiger partial charge in [-0.3, -0.25) is 4.79 Å². The van der Waals surface area contributed by atoms with Gasteiger partial charge in [-0.05, 0) is 0 Å². The van der Waals surface area contributed by atoms with Crippen LogP contribution in [-0.2, 0) is 5.75 Å². The predicted octanol–water partition coefficient (Wildman–Crippen LogP) is 2.76. The minimum absolute atomic E-state index is 0.128. The molecule has 0 saturated heterocycles. The Balaban J connectivity index is 2.23. The fraction of sp³-hybridized carbons (Fsp3) is 0.105. The van der Waals surface area contributed by atoms with E-state index in [0.717, 1.165) is 0 Å². The van der Waals surface area contributed by atoms with Crippen molar-refractivity contribution in [3.8, 4) is 0 Å². The summed E-state index contributed by atoms with van der Waals surface area (Å²) in [6, 6.07) is 15.0. The van der Waals surface area contributed by atoms with Gasteiger partial charge in [-0.1, -0.05) is 48.5 Å². The third kappa shape index (κ3) is 3.21. The van der Waals surface area contributed by atoms with Gasteiger partial charge in [0.15, 0.2) is 0 Å². The van der Waals surface area contributed by atoms with Gasteiger partial charge in [-0.2, -0.15) is 9.46 Å². The molecule has 0 atom stereocenters. The van der Waals surface area contributed by atoms with Crippen molar-refractivity contribution in [1.29, 1.82) is 0 Å². The van der Waals surface area contributed by atoms with E-state index in [0.29, 0.717) is 20.8 Å². The molecule has 1 aromatic heterocycles. The zero-order valence-corrected chi connectivity index (χ0v) is 14.2. The number of hydrogen-bond acceptors (Lipinski definition) is 4. The highest BCUT2D eigenvalue weighted by Gasteiger charge is 2.33. The van der Waals surface area contributed by atoms with E-state index in [1.54, 1.807) is 60.7 Å². The van der Waals surface area contributed by atoms with Gasteiger partial charge in [0.25, 0.3) is 22.5 Å². The molecule has 0 bridgehead atoms. The Morgan fingerprint density at radius 3 is 2.24 bits per heavy atom. The average molecular weight is 352 g/mol. The lowest BCUT2D eigenvalue weighted by molar-refractivity contribution is -0.635. The largest absolute Gasteiger partial charge is 0.618 e. The van der Waals surface area contributed by atoms with Crippen LogP contribution in [0.25, 0.3) is 11.0 Å². The maximum absolute atomic E-state index is 12.9. The lowest BCUT2D eigenvalue weighted by Crippen LogP contribution is -2.47. The molecule has 6 heteroatoms. The molecule has 0 spiro atoms.